The molecule has 0 fully saturated rings. The number of aryl methyl sites for hydroxylation is 1. The Kier molecular flexibility index (Phi) is 6.67. The number of unbranched alkanes of at least 4 members (excludes halogenated alkanes) is 2. The minimum absolute atomic E-state index is 0.200. The Labute approximate surface area is 184 Å². The van der Waals surface area contributed by atoms with Gasteiger partial charge < -0.3 is 14.3 Å². The summed E-state index contributed by atoms with van der Waals surface area (Å²) in [6.45, 7) is 0.918. The number of aromatic nitrogens is 2. The number of amides is 1. The Bertz CT molecular complexity index is 1150. The molecule has 2 aromatic carbocycles. The normalized spacial score (nSPS) is 11.2. The van der Waals surface area contributed by atoms with E-state index in [9.17, 15) is 9.18 Å². The topological polar surface area (TPSA) is 60.1 Å². The fourth-order valence-corrected chi connectivity index (χ4v) is 3.84. The van der Waals surface area contributed by atoms with Gasteiger partial charge in [-0.3, -0.25) is 4.79 Å². The molecule has 4 aromatic rings. The first kappa shape index (κ1) is 21.1. The Morgan fingerprint density at radius 1 is 1.06 bits per heavy atom. The Hall–Kier alpha value is -3.12. The molecule has 7 heteroatoms. The second-order valence-corrected chi connectivity index (χ2v) is 7.75. The highest BCUT2D eigenvalue weighted by atomic mass is 35.5. The average molecular weight is 440 g/mol. The van der Waals surface area contributed by atoms with Crippen LogP contribution in [-0.2, 0) is 13.0 Å². The molecule has 2 heterocycles. The zero-order chi connectivity index (χ0) is 21.6. The van der Waals surface area contributed by atoms with Gasteiger partial charge >= 0.3 is 0 Å². The highest BCUT2D eigenvalue weighted by Crippen LogP contribution is 2.24. The van der Waals surface area contributed by atoms with E-state index in [0.717, 1.165) is 42.5 Å². The number of fused-ring (bicyclic) bond motifs is 1. The van der Waals surface area contributed by atoms with Crippen LogP contribution in [0.1, 0.15) is 41.2 Å². The molecular weight excluding hydrogens is 417 g/mol. The Balaban J connectivity index is 1.38. The summed E-state index contributed by atoms with van der Waals surface area (Å²) in [5, 5.41) is 3.26. The summed E-state index contributed by atoms with van der Waals surface area (Å²) in [7, 11) is 0. The lowest BCUT2D eigenvalue weighted by atomic mass is 10.1. The van der Waals surface area contributed by atoms with Gasteiger partial charge in [0.15, 0.2) is 5.76 Å². The van der Waals surface area contributed by atoms with Gasteiger partial charge in [-0.05, 0) is 49.2 Å². The lowest BCUT2D eigenvalue weighted by Gasteiger charge is -2.12. The van der Waals surface area contributed by atoms with Crippen molar-refractivity contribution in [2.45, 2.75) is 32.2 Å². The van der Waals surface area contributed by atoms with E-state index in [1.54, 1.807) is 24.3 Å². The van der Waals surface area contributed by atoms with E-state index >= 15 is 0 Å². The van der Waals surface area contributed by atoms with Crippen LogP contribution in [0.4, 0.5) is 4.39 Å². The van der Waals surface area contributed by atoms with Crippen LogP contribution in [-0.4, -0.2) is 22.0 Å². The quantitative estimate of drug-likeness (QED) is 0.345. The molecule has 0 atom stereocenters. The van der Waals surface area contributed by atoms with E-state index in [2.05, 4.69) is 5.32 Å². The van der Waals surface area contributed by atoms with Crippen molar-refractivity contribution in [1.29, 1.82) is 0 Å². The van der Waals surface area contributed by atoms with Gasteiger partial charge in [-0.2, -0.15) is 0 Å². The Morgan fingerprint density at radius 2 is 1.94 bits per heavy atom. The molecule has 0 aliphatic carbocycles. The first-order chi connectivity index (χ1) is 15.1. The Morgan fingerprint density at radius 3 is 2.74 bits per heavy atom. The summed E-state index contributed by atoms with van der Waals surface area (Å²) >= 11 is 6.26. The summed E-state index contributed by atoms with van der Waals surface area (Å²) in [4.78, 5) is 16.6. The maximum Gasteiger partial charge on any atom is 0.286 e. The monoisotopic (exact) mass is 439 g/mol. The van der Waals surface area contributed by atoms with Crippen LogP contribution in [0.2, 0.25) is 5.02 Å². The zero-order valence-electron chi connectivity index (χ0n) is 17.0. The van der Waals surface area contributed by atoms with Gasteiger partial charge in [0, 0.05) is 23.6 Å². The second-order valence-electron chi connectivity index (χ2n) is 7.35. The van der Waals surface area contributed by atoms with E-state index in [0.29, 0.717) is 29.4 Å². The summed E-state index contributed by atoms with van der Waals surface area (Å²) in [6.07, 6.45) is 4.93. The molecule has 4 rings (SSSR count). The minimum atomic E-state index is -0.316. The van der Waals surface area contributed by atoms with Gasteiger partial charge in [0.25, 0.3) is 5.91 Å². The number of furan rings is 1. The number of hydrogen-bond acceptors (Lipinski definition) is 3. The van der Waals surface area contributed by atoms with Gasteiger partial charge in [-0.1, -0.05) is 36.2 Å². The van der Waals surface area contributed by atoms with Crippen LogP contribution in [0.5, 0.6) is 0 Å². The number of benzene rings is 2. The van der Waals surface area contributed by atoms with Crippen LogP contribution < -0.4 is 5.32 Å². The molecule has 1 N–H and O–H groups in total. The van der Waals surface area contributed by atoms with E-state index < -0.39 is 0 Å². The third kappa shape index (κ3) is 4.97. The average Bonchev–Trinajstić information content (AvgIpc) is 3.42. The fraction of sp³-hybridized carbons (Fsp3) is 0.250. The zero-order valence-corrected chi connectivity index (χ0v) is 17.7. The van der Waals surface area contributed by atoms with Gasteiger partial charge in [-0.15, -0.1) is 0 Å². The molecule has 0 unspecified atom stereocenters. The van der Waals surface area contributed by atoms with Crippen molar-refractivity contribution in [2.75, 3.05) is 6.54 Å². The highest BCUT2D eigenvalue weighted by Gasteiger charge is 2.14. The molecule has 31 heavy (non-hydrogen) atoms. The smallest absolute Gasteiger partial charge is 0.286 e. The lowest BCUT2D eigenvalue weighted by Crippen LogP contribution is -2.23. The van der Waals surface area contributed by atoms with Gasteiger partial charge in [0.1, 0.15) is 11.6 Å². The summed E-state index contributed by atoms with van der Waals surface area (Å²) in [5.41, 5.74) is 2.31. The third-order valence-corrected chi connectivity index (χ3v) is 5.57. The van der Waals surface area contributed by atoms with E-state index in [1.165, 1.54) is 12.3 Å². The molecule has 2 aromatic heterocycles. The number of carbonyl (C=O) groups excluding carboxylic acids is 1. The third-order valence-electron chi connectivity index (χ3n) is 5.22. The SMILES string of the molecule is O=C(NCCCCCc1nc2ccccc2n1Cc1c(F)cccc1Cl)c1ccco1. The van der Waals surface area contributed by atoms with E-state index in [4.69, 9.17) is 21.0 Å². The van der Waals surface area contributed by atoms with E-state index in [1.807, 2.05) is 28.8 Å². The van der Waals surface area contributed by atoms with Crippen molar-refractivity contribution in [3.63, 3.8) is 0 Å². The molecular formula is C24H23ClFN3O2. The molecule has 0 spiro atoms. The van der Waals surface area contributed by atoms with Gasteiger partial charge in [0.05, 0.1) is 23.8 Å². The molecule has 0 saturated carbocycles. The number of rotatable bonds is 9. The van der Waals surface area contributed by atoms with Crippen LogP contribution in [0, 0.1) is 5.82 Å². The van der Waals surface area contributed by atoms with Crippen LogP contribution in [0.25, 0.3) is 11.0 Å². The van der Waals surface area contributed by atoms with Crippen molar-refractivity contribution in [3.05, 3.63) is 88.8 Å². The summed E-state index contributed by atoms with van der Waals surface area (Å²) in [6, 6.07) is 15.9. The van der Waals surface area contributed by atoms with Crippen LogP contribution in [0.15, 0.2) is 65.3 Å². The maximum atomic E-state index is 14.4. The van der Waals surface area contributed by atoms with Crippen molar-refractivity contribution >= 4 is 28.5 Å². The van der Waals surface area contributed by atoms with Crippen molar-refractivity contribution in [1.82, 2.24) is 14.9 Å². The first-order valence-electron chi connectivity index (χ1n) is 10.3. The maximum absolute atomic E-state index is 14.4. The number of nitrogens with one attached hydrogen (secondary N) is 1. The van der Waals surface area contributed by atoms with E-state index in [-0.39, 0.29) is 11.7 Å². The molecule has 0 radical (unpaired) electrons. The minimum Gasteiger partial charge on any atom is -0.459 e. The number of hydrogen-bond donors (Lipinski definition) is 1. The number of nitrogens with zero attached hydrogens (tertiary/aromatic N) is 2. The predicted molar refractivity (Wildman–Crippen MR) is 119 cm³/mol. The number of imidazole rings is 1. The largest absolute Gasteiger partial charge is 0.459 e. The number of carbonyl (C=O) groups is 1. The standard InChI is InChI=1S/C24H23ClFN3O2/c25-18-8-6-9-19(26)17(18)16-29-21-11-4-3-10-20(21)28-23(29)13-2-1-5-14-27-24(30)22-12-7-15-31-22/h3-4,6-12,15H,1-2,5,13-14,16H2,(H,27,30). The first-order valence-corrected chi connectivity index (χ1v) is 10.7. The van der Waals surface area contributed by atoms with Crippen LogP contribution in [0.3, 0.4) is 0 Å². The molecule has 1 amide bonds. The van der Waals surface area contributed by atoms with Gasteiger partial charge in [-0.25, -0.2) is 9.37 Å². The molecule has 5 nitrogen and oxygen atoms in total. The molecule has 160 valence electrons. The van der Waals surface area contributed by atoms with Crippen molar-refractivity contribution in [3.8, 4) is 0 Å². The summed E-state index contributed by atoms with van der Waals surface area (Å²) < 4.78 is 21.5. The molecule has 0 bridgehead atoms. The molecule has 0 aliphatic heterocycles. The fourth-order valence-electron chi connectivity index (χ4n) is 3.62. The second kappa shape index (κ2) is 9.79. The molecule has 0 aliphatic rings. The van der Waals surface area contributed by atoms with Crippen molar-refractivity contribution in [2.24, 2.45) is 0 Å². The van der Waals surface area contributed by atoms with Crippen LogP contribution >= 0.6 is 11.6 Å². The predicted octanol–water partition coefficient (Wildman–Crippen LogP) is 5.61. The number of halogens is 2. The number of para-hydroxylation sites is 2. The molecule has 0 saturated heterocycles. The van der Waals surface area contributed by atoms with Crippen molar-refractivity contribution < 1.29 is 13.6 Å². The van der Waals surface area contributed by atoms with Gasteiger partial charge in [0.2, 0.25) is 0 Å². The summed E-state index contributed by atoms with van der Waals surface area (Å²) in [5.74, 6) is 0.706. The lowest BCUT2D eigenvalue weighted by molar-refractivity contribution is 0.0925. The highest BCUT2D eigenvalue weighted by molar-refractivity contribution is 6.31.